The highest BCUT2D eigenvalue weighted by Crippen LogP contribution is 2.29. The number of aryl methyl sites for hydroxylation is 1. The minimum absolute atomic E-state index is 0.136. The third kappa shape index (κ3) is 4.03. The number of hydrogen-bond donors (Lipinski definition) is 1. The maximum atomic E-state index is 12.9. The van der Waals surface area contributed by atoms with Gasteiger partial charge in [0.2, 0.25) is 5.91 Å². The average Bonchev–Trinajstić information content (AvgIpc) is 2.99. The van der Waals surface area contributed by atoms with E-state index in [1.54, 1.807) is 41.5 Å². The van der Waals surface area contributed by atoms with E-state index in [2.05, 4.69) is 5.32 Å². The van der Waals surface area contributed by atoms with Crippen LogP contribution in [-0.2, 0) is 20.9 Å². The van der Waals surface area contributed by atoms with Crippen LogP contribution in [0.1, 0.15) is 21.4 Å². The van der Waals surface area contributed by atoms with Crippen LogP contribution >= 0.6 is 22.9 Å². The Labute approximate surface area is 155 Å². The van der Waals surface area contributed by atoms with Gasteiger partial charge in [0.1, 0.15) is 6.61 Å². The Hall–Kier alpha value is -1.89. The van der Waals surface area contributed by atoms with E-state index in [0.29, 0.717) is 17.1 Å². The van der Waals surface area contributed by atoms with E-state index in [0.717, 1.165) is 4.88 Å². The number of carbonyl (C=O) groups is 2. The van der Waals surface area contributed by atoms with Crippen LogP contribution in [0.25, 0.3) is 0 Å². The molecule has 1 aliphatic heterocycles. The molecule has 0 saturated carbocycles. The first-order valence-corrected chi connectivity index (χ1v) is 9.11. The first-order valence-electron chi connectivity index (χ1n) is 7.91. The lowest BCUT2D eigenvalue weighted by Crippen LogP contribution is -2.52. The Morgan fingerprint density at radius 1 is 1.36 bits per heavy atom. The number of hydrogen-bond acceptors (Lipinski definition) is 4. The Bertz CT molecular complexity index is 792. The van der Waals surface area contributed by atoms with Crippen molar-refractivity contribution in [2.24, 2.45) is 0 Å². The van der Waals surface area contributed by atoms with Crippen molar-refractivity contribution in [3.63, 3.8) is 0 Å². The van der Waals surface area contributed by atoms with E-state index in [4.69, 9.17) is 16.3 Å². The van der Waals surface area contributed by atoms with Crippen molar-refractivity contribution in [3.8, 4) is 0 Å². The van der Waals surface area contributed by atoms with E-state index < -0.39 is 12.1 Å². The number of benzene rings is 1. The number of amides is 2. The third-order valence-corrected chi connectivity index (χ3v) is 5.39. The summed E-state index contributed by atoms with van der Waals surface area (Å²) in [7, 11) is 1.74. The molecule has 132 valence electrons. The molecule has 2 amide bonds. The molecule has 1 aromatic carbocycles. The highest BCUT2D eigenvalue weighted by molar-refractivity contribution is 7.11. The Morgan fingerprint density at radius 3 is 2.80 bits per heavy atom. The largest absolute Gasteiger partial charge is 0.356 e. The van der Waals surface area contributed by atoms with Crippen LogP contribution in [-0.4, -0.2) is 36.5 Å². The number of carbonyl (C=O) groups excluding carboxylic acids is 2. The molecule has 2 heterocycles. The third-order valence-electron chi connectivity index (χ3n) is 4.06. The van der Waals surface area contributed by atoms with Crippen molar-refractivity contribution in [1.29, 1.82) is 0 Å². The maximum absolute atomic E-state index is 12.9. The topological polar surface area (TPSA) is 58.6 Å². The van der Waals surface area contributed by atoms with Crippen molar-refractivity contribution in [2.75, 3.05) is 13.7 Å². The molecule has 0 aliphatic carbocycles. The van der Waals surface area contributed by atoms with Crippen molar-refractivity contribution in [1.82, 2.24) is 10.2 Å². The molecule has 3 rings (SSSR count). The van der Waals surface area contributed by atoms with Crippen molar-refractivity contribution >= 4 is 34.8 Å². The Kier molecular flexibility index (Phi) is 5.42. The number of halogens is 1. The molecule has 0 spiro atoms. The Morgan fingerprint density at radius 2 is 2.12 bits per heavy atom. The summed E-state index contributed by atoms with van der Waals surface area (Å²) < 4.78 is 5.58. The molecule has 1 saturated heterocycles. The molecule has 1 N–H and O–H groups in total. The monoisotopic (exact) mass is 378 g/mol. The zero-order valence-electron chi connectivity index (χ0n) is 14.0. The van der Waals surface area contributed by atoms with Gasteiger partial charge in [-0.15, -0.1) is 11.3 Å². The zero-order chi connectivity index (χ0) is 18.0. The molecule has 7 heteroatoms. The molecule has 0 bridgehead atoms. The van der Waals surface area contributed by atoms with Crippen LogP contribution in [0.2, 0.25) is 5.02 Å². The molecule has 0 radical (unpaired) electrons. The molecular weight excluding hydrogens is 360 g/mol. The lowest BCUT2D eigenvalue weighted by molar-refractivity contribution is -0.154. The molecule has 2 aromatic rings. The van der Waals surface area contributed by atoms with Gasteiger partial charge in [-0.25, -0.2) is 0 Å². The van der Waals surface area contributed by atoms with Gasteiger partial charge in [0, 0.05) is 21.8 Å². The van der Waals surface area contributed by atoms with Gasteiger partial charge in [0.15, 0.2) is 6.10 Å². The predicted molar refractivity (Wildman–Crippen MR) is 97.6 cm³/mol. The molecule has 2 atom stereocenters. The van der Waals surface area contributed by atoms with E-state index in [1.807, 2.05) is 25.1 Å². The molecular formula is C18H19ClN2O3S. The van der Waals surface area contributed by atoms with Gasteiger partial charge in [-0.05, 0) is 30.7 Å². The maximum Gasteiger partial charge on any atom is 0.254 e. The van der Waals surface area contributed by atoms with E-state index in [1.165, 1.54) is 4.88 Å². The predicted octanol–water partition coefficient (Wildman–Crippen LogP) is 2.92. The number of thiophene rings is 1. The fourth-order valence-corrected chi connectivity index (χ4v) is 4.03. The van der Waals surface area contributed by atoms with E-state index in [9.17, 15) is 9.59 Å². The number of ether oxygens (including phenoxy) is 1. The molecule has 1 fully saturated rings. The first-order chi connectivity index (χ1) is 12.0. The lowest BCUT2D eigenvalue weighted by Gasteiger charge is -2.34. The summed E-state index contributed by atoms with van der Waals surface area (Å²) in [6.07, 6.45) is -0.802. The Balaban J connectivity index is 1.81. The van der Waals surface area contributed by atoms with E-state index in [-0.39, 0.29) is 18.4 Å². The second-order valence-corrected chi connectivity index (χ2v) is 7.78. The number of nitrogens with one attached hydrogen (secondary N) is 1. The molecule has 5 nitrogen and oxygen atoms in total. The van der Waals surface area contributed by atoms with Crippen LogP contribution in [0, 0.1) is 6.92 Å². The van der Waals surface area contributed by atoms with Crippen LogP contribution in [0.3, 0.4) is 0 Å². The van der Waals surface area contributed by atoms with Crippen LogP contribution in [0.15, 0.2) is 36.4 Å². The highest BCUT2D eigenvalue weighted by atomic mass is 35.5. The zero-order valence-corrected chi connectivity index (χ0v) is 15.6. The minimum atomic E-state index is -0.802. The smallest absolute Gasteiger partial charge is 0.254 e. The number of rotatable bonds is 4. The fourth-order valence-electron chi connectivity index (χ4n) is 2.83. The van der Waals surface area contributed by atoms with Crippen LogP contribution in [0.5, 0.6) is 0 Å². The summed E-state index contributed by atoms with van der Waals surface area (Å²) in [5, 5.41) is 3.33. The second kappa shape index (κ2) is 7.56. The van der Waals surface area contributed by atoms with Gasteiger partial charge in [-0.2, -0.15) is 0 Å². The molecule has 25 heavy (non-hydrogen) atoms. The highest BCUT2D eigenvalue weighted by Gasteiger charge is 2.38. The van der Waals surface area contributed by atoms with Gasteiger partial charge in [-0.3, -0.25) is 9.59 Å². The summed E-state index contributed by atoms with van der Waals surface area (Å²) in [6.45, 7) is 2.40. The average molecular weight is 379 g/mol. The normalized spacial score (nSPS) is 20.2. The van der Waals surface area contributed by atoms with Gasteiger partial charge in [-0.1, -0.05) is 29.8 Å². The summed E-state index contributed by atoms with van der Waals surface area (Å²) in [5.41, 5.74) is 0.677. The lowest BCUT2D eigenvalue weighted by atomic mass is 9.98. The quantitative estimate of drug-likeness (QED) is 0.889. The van der Waals surface area contributed by atoms with Crippen molar-refractivity contribution < 1.29 is 14.3 Å². The van der Waals surface area contributed by atoms with Crippen LogP contribution < -0.4 is 5.32 Å². The number of nitrogens with zero attached hydrogens (tertiary/aromatic N) is 1. The summed E-state index contributed by atoms with van der Waals surface area (Å²) in [6, 6.07) is 10.6. The van der Waals surface area contributed by atoms with E-state index >= 15 is 0 Å². The van der Waals surface area contributed by atoms with Crippen molar-refractivity contribution in [2.45, 2.75) is 25.6 Å². The number of morpholine rings is 1. The number of likely N-dealkylation sites (N-methyl/N-ethyl adjacent to an activating group) is 1. The van der Waals surface area contributed by atoms with Gasteiger partial charge in [0.05, 0.1) is 12.6 Å². The minimum Gasteiger partial charge on any atom is -0.356 e. The summed E-state index contributed by atoms with van der Waals surface area (Å²) >= 11 is 7.91. The molecule has 1 aliphatic rings. The van der Waals surface area contributed by atoms with Crippen LogP contribution in [0.4, 0.5) is 0 Å². The SMILES string of the molecule is Cc1ccc(CN(C)C(=O)[C@H]2OCC(=O)N[C@@H]2c2ccccc2Cl)s1. The van der Waals surface area contributed by atoms with Crippen molar-refractivity contribution in [3.05, 3.63) is 56.7 Å². The molecule has 0 unspecified atom stereocenters. The summed E-state index contributed by atoms with van der Waals surface area (Å²) in [5.74, 6) is -0.443. The second-order valence-electron chi connectivity index (χ2n) is 6.00. The fraction of sp³-hybridized carbons (Fsp3) is 0.333. The van der Waals surface area contributed by atoms with Gasteiger partial charge in [0.25, 0.3) is 5.91 Å². The standard InChI is InChI=1S/C18H19ClN2O3S/c1-11-7-8-12(25-11)9-21(2)18(23)17-16(20-15(22)10-24-17)13-5-3-4-6-14(13)19/h3-8,16-17H,9-10H2,1-2H3,(H,20,22)/t16-,17+/m1/s1. The summed E-state index contributed by atoms with van der Waals surface area (Å²) in [4.78, 5) is 28.6. The first kappa shape index (κ1) is 17.9. The molecule has 1 aromatic heterocycles. The van der Waals surface area contributed by atoms with Gasteiger partial charge >= 0.3 is 0 Å². The van der Waals surface area contributed by atoms with Gasteiger partial charge < -0.3 is 15.0 Å².